The first kappa shape index (κ1) is 12.5. The third kappa shape index (κ3) is 2.18. The van der Waals surface area contributed by atoms with Crippen LogP contribution in [0, 0.1) is 6.92 Å². The molecule has 0 saturated heterocycles. The smallest absolute Gasteiger partial charge is 0.248 e. The van der Waals surface area contributed by atoms with E-state index in [0.717, 1.165) is 23.0 Å². The molecule has 0 aliphatic heterocycles. The number of hydrogen-bond donors (Lipinski definition) is 1. The van der Waals surface area contributed by atoms with E-state index in [-0.39, 0.29) is 5.91 Å². The third-order valence-corrected chi connectivity index (χ3v) is 3.56. The van der Waals surface area contributed by atoms with Crippen molar-refractivity contribution in [2.24, 2.45) is 5.73 Å². The van der Waals surface area contributed by atoms with E-state index >= 15 is 0 Å². The number of benzene rings is 2. The number of amides is 1. The van der Waals surface area contributed by atoms with Gasteiger partial charge in [-0.2, -0.15) is 0 Å². The Morgan fingerprint density at radius 1 is 1.15 bits per heavy atom. The molecule has 0 aliphatic carbocycles. The van der Waals surface area contributed by atoms with E-state index in [1.165, 1.54) is 5.56 Å². The molecule has 0 fully saturated rings. The van der Waals surface area contributed by atoms with Crippen molar-refractivity contribution >= 4 is 16.8 Å². The first-order valence-corrected chi connectivity index (χ1v) is 6.58. The van der Waals surface area contributed by atoms with Crippen LogP contribution in [0.4, 0.5) is 0 Å². The van der Waals surface area contributed by atoms with Gasteiger partial charge in [-0.25, -0.2) is 0 Å². The minimum Gasteiger partial charge on any atom is -0.366 e. The zero-order valence-electron chi connectivity index (χ0n) is 11.3. The normalized spacial score (nSPS) is 10.8. The molecule has 3 aromatic rings. The largest absolute Gasteiger partial charge is 0.366 e. The lowest BCUT2D eigenvalue weighted by atomic mass is 10.1. The molecule has 100 valence electrons. The van der Waals surface area contributed by atoms with Crippen molar-refractivity contribution in [1.29, 1.82) is 0 Å². The zero-order chi connectivity index (χ0) is 14.1. The highest BCUT2D eigenvalue weighted by molar-refractivity contribution is 5.98. The Hall–Kier alpha value is -2.55. The molecule has 0 atom stereocenters. The minimum atomic E-state index is -0.387. The van der Waals surface area contributed by atoms with Crippen LogP contribution in [0.1, 0.15) is 21.5 Å². The van der Waals surface area contributed by atoms with Crippen LogP contribution in [0.25, 0.3) is 10.9 Å². The van der Waals surface area contributed by atoms with Gasteiger partial charge in [0.2, 0.25) is 5.91 Å². The third-order valence-electron chi connectivity index (χ3n) is 3.56. The number of nitrogens with zero attached hydrogens (tertiary/aromatic N) is 1. The fourth-order valence-electron chi connectivity index (χ4n) is 2.54. The van der Waals surface area contributed by atoms with Crippen LogP contribution < -0.4 is 5.73 Å². The van der Waals surface area contributed by atoms with E-state index in [1.54, 1.807) is 6.07 Å². The summed E-state index contributed by atoms with van der Waals surface area (Å²) in [6.45, 7) is 2.87. The van der Waals surface area contributed by atoms with Crippen LogP contribution in [0.3, 0.4) is 0 Å². The number of aromatic nitrogens is 1. The highest BCUT2D eigenvalue weighted by Gasteiger charge is 2.08. The van der Waals surface area contributed by atoms with E-state index in [4.69, 9.17) is 5.73 Å². The monoisotopic (exact) mass is 264 g/mol. The molecule has 0 unspecified atom stereocenters. The maximum absolute atomic E-state index is 11.3. The molecule has 1 heterocycles. The zero-order valence-corrected chi connectivity index (χ0v) is 11.3. The quantitative estimate of drug-likeness (QED) is 0.776. The molecule has 20 heavy (non-hydrogen) atoms. The number of fused-ring (bicyclic) bond motifs is 1. The lowest BCUT2D eigenvalue weighted by Crippen LogP contribution is -2.10. The molecule has 0 aliphatic rings. The van der Waals surface area contributed by atoms with Crippen LogP contribution in [-0.2, 0) is 6.54 Å². The second-order valence-electron chi connectivity index (χ2n) is 5.02. The van der Waals surface area contributed by atoms with Gasteiger partial charge in [-0.1, -0.05) is 30.3 Å². The first-order chi connectivity index (χ1) is 9.65. The van der Waals surface area contributed by atoms with Gasteiger partial charge in [0.15, 0.2) is 0 Å². The summed E-state index contributed by atoms with van der Waals surface area (Å²) >= 11 is 0. The van der Waals surface area contributed by atoms with E-state index in [1.807, 2.05) is 30.3 Å². The molecule has 3 rings (SSSR count). The number of aryl methyl sites for hydroxylation is 1. The van der Waals surface area contributed by atoms with Crippen molar-refractivity contribution in [3.05, 3.63) is 71.4 Å². The van der Waals surface area contributed by atoms with Crippen LogP contribution in [-0.4, -0.2) is 10.5 Å². The highest BCUT2D eigenvalue weighted by atomic mass is 16.1. The Kier molecular flexibility index (Phi) is 3.03. The number of carbonyl (C=O) groups excluding carboxylic acids is 1. The minimum absolute atomic E-state index is 0.387. The Morgan fingerprint density at radius 2 is 1.90 bits per heavy atom. The van der Waals surface area contributed by atoms with Gasteiger partial charge in [0.1, 0.15) is 0 Å². The summed E-state index contributed by atoms with van der Waals surface area (Å²) in [5.74, 6) is -0.387. The molecule has 2 aromatic carbocycles. The number of carbonyl (C=O) groups is 1. The summed E-state index contributed by atoms with van der Waals surface area (Å²) in [7, 11) is 0. The predicted octanol–water partition coefficient (Wildman–Crippen LogP) is 3.10. The Morgan fingerprint density at radius 3 is 2.60 bits per heavy atom. The topological polar surface area (TPSA) is 48.0 Å². The van der Waals surface area contributed by atoms with E-state index < -0.39 is 0 Å². The molecule has 0 radical (unpaired) electrons. The second-order valence-corrected chi connectivity index (χ2v) is 5.02. The summed E-state index contributed by atoms with van der Waals surface area (Å²) in [6.07, 6.45) is 2.11. The fraction of sp³-hybridized carbons (Fsp3) is 0.118. The number of nitrogens with two attached hydrogens (primary N) is 1. The predicted molar refractivity (Wildman–Crippen MR) is 80.7 cm³/mol. The molecule has 0 saturated carbocycles. The van der Waals surface area contributed by atoms with Gasteiger partial charge in [0, 0.05) is 29.2 Å². The van der Waals surface area contributed by atoms with E-state index in [2.05, 4.69) is 29.8 Å². The van der Waals surface area contributed by atoms with Crippen molar-refractivity contribution < 1.29 is 4.79 Å². The number of rotatable bonds is 3. The Labute approximate surface area is 117 Å². The summed E-state index contributed by atoms with van der Waals surface area (Å²) in [5.41, 5.74) is 9.42. The van der Waals surface area contributed by atoms with Crippen LogP contribution in [0.2, 0.25) is 0 Å². The Balaban J connectivity index is 2.07. The van der Waals surface area contributed by atoms with Crippen LogP contribution >= 0.6 is 0 Å². The maximum Gasteiger partial charge on any atom is 0.248 e. The number of primary amides is 1. The average molecular weight is 264 g/mol. The first-order valence-electron chi connectivity index (χ1n) is 6.58. The molecule has 1 aromatic heterocycles. The van der Waals surface area contributed by atoms with Gasteiger partial charge in [-0.3, -0.25) is 4.79 Å². The average Bonchev–Trinajstić information content (AvgIpc) is 2.76. The van der Waals surface area contributed by atoms with Crippen LogP contribution in [0.5, 0.6) is 0 Å². The lowest BCUT2D eigenvalue weighted by Gasteiger charge is -2.06. The highest BCUT2D eigenvalue weighted by Crippen LogP contribution is 2.23. The van der Waals surface area contributed by atoms with Gasteiger partial charge in [0.05, 0.1) is 0 Å². The molecule has 0 bridgehead atoms. The van der Waals surface area contributed by atoms with Crippen LogP contribution in [0.15, 0.2) is 54.7 Å². The fourth-order valence-corrected chi connectivity index (χ4v) is 2.54. The van der Waals surface area contributed by atoms with Gasteiger partial charge in [0.25, 0.3) is 0 Å². The van der Waals surface area contributed by atoms with Gasteiger partial charge >= 0.3 is 0 Å². The molecule has 2 N–H and O–H groups in total. The van der Waals surface area contributed by atoms with Gasteiger partial charge in [-0.05, 0) is 36.2 Å². The van der Waals surface area contributed by atoms with E-state index in [0.29, 0.717) is 5.56 Å². The molecule has 3 heteroatoms. The molecule has 0 spiro atoms. The van der Waals surface area contributed by atoms with Crippen molar-refractivity contribution in [1.82, 2.24) is 4.57 Å². The lowest BCUT2D eigenvalue weighted by molar-refractivity contribution is 0.100. The summed E-state index contributed by atoms with van der Waals surface area (Å²) in [4.78, 5) is 11.3. The molecule has 1 amide bonds. The molecule has 3 nitrogen and oxygen atoms in total. The van der Waals surface area contributed by atoms with Crippen molar-refractivity contribution in [2.75, 3.05) is 0 Å². The van der Waals surface area contributed by atoms with Crippen molar-refractivity contribution in [3.8, 4) is 0 Å². The standard InChI is InChI=1S/C17H16N2O/c1-12-10-19(11-13-5-3-2-4-6-13)16-8-7-14(17(18)20)9-15(12)16/h2-10H,11H2,1H3,(H2,18,20). The van der Waals surface area contributed by atoms with Gasteiger partial charge < -0.3 is 10.3 Å². The van der Waals surface area contributed by atoms with E-state index in [9.17, 15) is 4.79 Å². The van der Waals surface area contributed by atoms with Crippen molar-refractivity contribution in [3.63, 3.8) is 0 Å². The summed E-state index contributed by atoms with van der Waals surface area (Å²) in [6, 6.07) is 15.9. The Bertz CT molecular complexity index is 772. The molecular weight excluding hydrogens is 248 g/mol. The summed E-state index contributed by atoms with van der Waals surface area (Å²) in [5, 5.41) is 1.08. The van der Waals surface area contributed by atoms with Crippen molar-refractivity contribution in [2.45, 2.75) is 13.5 Å². The second kappa shape index (κ2) is 4.85. The number of hydrogen-bond acceptors (Lipinski definition) is 1. The maximum atomic E-state index is 11.3. The summed E-state index contributed by atoms with van der Waals surface area (Å²) < 4.78 is 2.20. The SMILES string of the molecule is Cc1cn(Cc2ccccc2)c2ccc(C(N)=O)cc12. The van der Waals surface area contributed by atoms with Gasteiger partial charge in [-0.15, -0.1) is 0 Å². The molecular formula is C17H16N2O.